The number of likely N-dealkylation sites (N-methyl/N-ethyl adjacent to an activating group) is 1. The van der Waals surface area contributed by atoms with Gasteiger partial charge in [-0.05, 0) is 73.8 Å². The highest BCUT2D eigenvalue weighted by Crippen LogP contribution is 2.42. The molecule has 49 heavy (non-hydrogen) atoms. The third kappa shape index (κ3) is 5.70. The van der Waals surface area contributed by atoms with Gasteiger partial charge in [-0.2, -0.15) is 9.97 Å². The highest BCUT2D eigenvalue weighted by Gasteiger charge is 2.45. The van der Waals surface area contributed by atoms with Gasteiger partial charge in [0.15, 0.2) is 5.82 Å². The number of piperazine rings is 1. The fourth-order valence-electron chi connectivity index (χ4n) is 7.85. The van der Waals surface area contributed by atoms with Gasteiger partial charge in [0.05, 0.1) is 5.56 Å². The van der Waals surface area contributed by atoms with Crippen molar-refractivity contribution >= 4 is 56.3 Å². The van der Waals surface area contributed by atoms with Gasteiger partial charge in [0.25, 0.3) is 5.24 Å². The van der Waals surface area contributed by atoms with Crippen LogP contribution in [0.15, 0.2) is 42.5 Å². The number of aromatic hydroxyl groups is 1. The molecular formula is C35H34F2N6O5S. The highest BCUT2D eigenvalue weighted by atomic mass is 32.2. The number of aromatic nitrogens is 2. The van der Waals surface area contributed by atoms with Crippen molar-refractivity contribution in [3.05, 3.63) is 54.1 Å². The van der Waals surface area contributed by atoms with E-state index in [2.05, 4.69) is 15.2 Å². The van der Waals surface area contributed by atoms with Crippen LogP contribution in [-0.4, -0.2) is 98.6 Å². The summed E-state index contributed by atoms with van der Waals surface area (Å²) in [4.78, 5) is 52.4. The van der Waals surface area contributed by atoms with Crippen molar-refractivity contribution in [3.63, 3.8) is 0 Å². The number of benzene rings is 3. The Kier molecular flexibility index (Phi) is 8.02. The Morgan fingerprint density at radius 1 is 1.06 bits per heavy atom. The summed E-state index contributed by atoms with van der Waals surface area (Å²) in [5, 5.41) is 12.9. The summed E-state index contributed by atoms with van der Waals surface area (Å²) in [7, 11) is 2.02. The minimum atomic E-state index is -0.893. The average molecular weight is 689 g/mol. The Morgan fingerprint density at radius 3 is 2.55 bits per heavy atom. The number of phenolic OH excluding ortho intramolecular Hbond substituents is 1. The van der Waals surface area contributed by atoms with Crippen LogP contribution in [0.3, 0.4) is 0 Å². The Morgan fingerprint density at radius 2 is 1.84 bits per heavy atom. The first-order valence-corrected chi connectivity index (χ1v) is 17.3. The van der Waals surface area contributed by atoms with Gasteiger partial charge in [0.1, 0.15) is 34.8 Å². The maximum Gasteiger partial charge on any atom is 0.319 e. The number of carbonyl (C=O) groups excluding carboxylic acids is 3. The summed E-state index contributed by atoms with van der Waals surface area (Å²) in [5.74, 6) is -2.19. The van der Waals surface area contributed by atoms with Crippen LogP contribution in [0, 0.1) is 11.6 Å². The van der Waals surface area contributed by atoms with Gasteiger partial charge in [-0.25, -0.2) is 8.78 Å². The van der Waals surface area contributed by atoms with Crippen molar-refractivity contribution in [2.45, 2.75) is 55.5 Å². The molecule has 3 unspecified atom stereocenters. The lowest BCUT2D eigenvalue weighted by Gasteiger charge is -2.42. The number of rotatable bonds is 7. The van der Waals surface area contributed by atoms with Crippen molar-refractivity contribution in [3.8, 4) is 22.9 Å². The molecule has 2 bridgehead atoms. The molecule has 4 aliphatic heterocycles. The van der Waals surface area contributed by atoms with Gasteiger partial charge in [0, 0.05) is 43.0 Å². The van der Waals surface area contributed by atoms with Crippen LogP contribution in [0.2, 0.25) is 0 Å². The minimum absolute atomic E-state index is 0.0279. The quantitative estimate of drug-likeness (QED) is 0.279. The van der Waals surface area contributed by atoms with E-state index >= 15 is 8.78 Å². The molecule has 4 aromatic rings. The van der Waals surface area contributed by atoms with E-state index < -0.39 is 28.0 Å². The summed E-state index contributed by atoms with van der Waals surface area (Å²) in [6, 6.07) is 10.9. The van der Waals surface area contributed by atoms with Crippen molar-refractivity contribution in [1.82, 2.24) is 25.1 Å². The van der Waals surface area contributed by atoms with Crippen molar-refractivity contribution < 1.29 is 33.0 Å². The molecule has 2 N–H and O–H groups in total. The maximum atomic E-state index is 16.8. The molecule has 4 atom stereocenters. The number of carbonyl (C=O) groups is 3. The second kappa shape index (κ2) is 12.4. The highest BCUT2D eigenvalue weighted by molar-refractivity contribution is 8.15. The molecule has 0 spiro atoms. The van der Waals surface area contributed by atoms with Crippen molar-refractivity contribution in [1.29, 1.82) is 0 Å². The smallest absolute Gasteiger partial charge is 0.319 e. The molecule has 0 radical (unpaired) electrons. The van der Waals surface area contributed by atoms with E-state index in [0.29, 0.717) is 49.1 Å². The molecular weight excluding hydrogens is 654 g/mol. The molecule has 1 aromatic heterocycles. The molecule has 3 amide bonds. The molecule has 4 saturated heterocycles. The first-order valence-electron chi connectivity index (χ1n) is 16.5. The summed E-state index contributed by atoms with van der Waals surface area (Å²) >= 11 is 0.830. The molecule has 5 heterocycles. The van der Waals surface area contributed by atoms with Crippen molar-refractivity contribution in [2.75, 3.05) is 38.2 Å². The number of thioether (sulfide) groups is 1. The van der Waals surface area contributed by atoms with Gasteiger partial charge in [-0.3, -0.25) is 19.7 Å². The van der Waals surface area contributed by atoms with Crippen molar-refractivity contribution in [2.24, 2.45) is 0 Å². The normalized spacial score (nSPS) is 24.0. The van der Waals surface area contributed by atoms with Gasteiger partial charge in [-0.15, -0.1) is 0 Å². The third-order valence-corrected chi connectivity index (χ3v) is 11.2. The number of nitrogens with zero attached hydrogens (tertiary/aromatic N) is 5. The Balaban J connectivity index is 1.17. The number of anilines is 1. The first-order chi connectivity index (χ1) is 23.6. The molecule has 254 valence electrons. The van der Waals surface area contributed by atoms with Crippen LogP contribution in [0.4, 0.5) is 19.4 Å². The Bertz CT molecular complexity index is 2020. The Labute approximate surface area is 284 Å². The molecule has 11 nitrogen and oxygen atoms in total. The zero-order chi connectivity index (χ0) is 34.0. The van der Waals surface area contributed by atoms with Crippen LogP contribution < -0.4 is 15.0 Å². The molecule has 8 rings (SSSR count). The summed E-state index contributed by atoms with van der Waals surface area (Å²) < 4.78 is 39.1. The first kappa shape index (κ1) is 31.7. The predicted octanol–water partition coefficient (Wildman–Crippen LogP) is 4.83. The lowest BCUT2D eigenvalue weighted by Crippen LogP contribution is -2.56. The monoisotopic (exact) mass is 688 g/mol. The fraction of sp³-hybridized carbons (Fsp3) is 0.400. The zero-order valence-corrected chi connectivity index (χ0v) is 27.5. The van der Waals surface area contributed by atoms with E-state index in [9.17, 15) is 19.5 Å². The van der Waals surface area contributed by atoms with Gasteiger partial charge < -0.3 is 24.5 Å². The second-order valence-electron chi connectivity index (χ2n) is 13.3. The molecule has 0 aliphatic carbocycles. The Hall–Kier alpha value is -4.56. The SMILES string of the molecule is CN1CCC[C@H]1COc1nc(N2CC3CCC(C2)N3C(=O)CC2SC(=O)NC2=O)c2cc(F)c(-c3cc(O)cc4ccccc34)c(F)c2n1. The largest absolute Gasteiger partial charge is 0.508 e. The second-order valence-corrected chi connectivity index (χ2v) is 14.4. The number of hydrogen-bond acceptors (Lipinski definition) is 10. The van der Waals surface area contributed by atoms with E-state index in [0.717, 1.165) is 31.1 Å². The van der Waals surface area contributed by atoms with Crippen LogP contribution in [-0.2, 0) is 9.59 Å². The lowest BCUT2D eigenvalue weighted by atomic mass is 9.95. The molecule has 14 heteroatoms. The number of likely N-dealkylation sites (tertiary alicyclic amines) is 1. The van der Waals surface area contributed by atoms with Crippen LogP contribution >= 0.6 is 11.8 Å². The van der Waals surface area contributed by atoms with Crippen LogP contribution in [0.1, 0.15) is 32.1 Å². The topological polar surface area (TPSA) is 128 Å². The number of nitrogens with one attached hydrogen (secondary N) is 1. The van der Waals surface area contributed by atoms with E-state index in [-0.39, 0.29) is 64.2 Å². The van der Waals surface area contributed by atoms with E-state index in [1.165, 1.54) is 12.1 Å². The molecule has 0 saturated carbocycles. The summed E-state index contributed by atoms with van der Waals surface area (Å²) in [5.41, 5.74) is -0.222. The standard InChI is InChI=1S/C35H34F2N6O5S/c1-41-10-4-6-21(41)17-48-34-38-31-25(13-26(36)29(30(31)37)24-12-22(44)11-18-5-2-3-7-23(18)24)32(39-34)42-15-19-8-9-20(16-42)43(19)28(45)14-27-33(46)40-35(47)49-27/h2-3,5,7,11-13,19-21,27,44H,4,6,8-10,14-17H2,1H3,(H,40,46,47)/t19?,20?,21-,27?/m0/s1. The molecule has 3 aromatic carbocycles. The van der Waals surface area contributed by atoms with Gasteiger partial charge in [0.2, 0.25) is 11.8 Å². The summed E-state index contributed by atoms with van der Waals surface area (Å²) in [6.07, 6.45) is 3.33. The van der Waals surface area contributed by atoms with Gasteiger partial charge in [-0.1, -0.05) is 36.0 Å². The molecule has 4 fully saturated rings. The molecule has 4 aliphatic rings. The van der Waals surface area contributed by atoms with E-state index in [1.54, 1.807) is 35.2 Å². The third-order valence-electron chi connectivity index (χ3n) is 10.2. The van der Waals surface area contributed by atoms with E-state index in [4.69, 9.17) is 9.72 Å². The van der Waals surface area contributed by atoms with Crippen LogP contribution in [0.25, 0.3) is 32.8 Å². The number of fused-ring (bicyclic) bond motifs is 4. The average Bonchev–Trinajstić information content (AvgIpc) is 3.72. The lowest BCUT2D eigenvalue weighted by molar-refractivity contribution is -0.136. The van der Waals surface area contributed by atoms with Crippen LogP contribution in [0.5, 0.6) is 11.8 Å². The number of hydrogen-bond donors (Lipinski definition) is 2. The minimum Gasteiger partial charge on any atom is -0.508 e. The fourth-order valence-corrected chi connectivity index (χ4v) is 8.66. The van der Waals surface area contributed by atoms with Gasteiger partial charge >= 0.3 is 6.01 Å². The number of ether oxygens (including phenoxy) is 1. The number of halogens is 2. The predicted molar refractivity (Wildman–Crippen MR) is 181 cm³/mol. The zero-order valence-electron chi connectivity index (χ0n) is 26.7. The number of amides is 3. The van der Waals surface area contributed by atoms with E-state index in [1.807, 2.05) is 11.9 Å². The number of phenols is 1. The summed E-state index contributed by atoms with van der Waals surface area (Å²) in [6.45, 7) is 1.95. The maximum absolute atomic E-state index is 16.8. The number of imide groups is 1.